The second-order valence-electron chi connectivity index (χ2n) is 8.06. The first-order chi connectivity index (χ1) is 17.8. The van der Waals surface area contributed by atoms with Gasteiger partial charge in [0.25, 0.3) is 5.91 Å². The van der Waals surface area contributed by atoms with Gasteiger partial charge in [0, 0.05) is 37.6 Å². The summed E-state index contributed by atoms with van der Waals surface area (Å²) in [5.74, 6) is -1.87. The summed E-state index contributed by atoms with van der Waals surface area (Å²) in [5.41, 5.74) is 1.72. The average molecular weight is 525 g/mol. The number of hydrogen-bond acceptors (Lipinski definition) is 9. The molecule has 2 aliphatic heterocycles. The SMILES string of the molecule is O=C([O-])/C=C/C(=O)[O-].O=C1c2ccccc2OC=C(Cl)N1CCCCN1CCC=C(c2ncccn2)C1. The van der Waals surface area contributed by atoms with E-state index < -0.39 is 11.9 Å². The lowest BCUT2D eigenvalue weighted by Gasteiger charge is -2.27. The molecule has 194 valence electrons. The Labute approximate surface area is 219 Å². The van der Waals surface area contributed by atoms with Crippen molar-refractivity contribution < 1.29 is 29.3 Å². The predicted octanol–water partition coefficient (Wildman–Crippen LogP) is 0.961. The highest BCUT2D eigenvalue weighted by Crippen LogP contribution is 2.27. The largest absolute Gasteiger partial charge is 0.545 e. The number of hydrogen-bond donors (Lipinski definition) is 0. The zero-order valence-electron chi connectivity index (χ0n) is 19.9. The summed E-state index contributed by atoms with van der Waals surface area (Å²) in [6.45, 7) is 3.40. The Morgan fingerprint density at radius 2 is 1.70 bits per heavy atom. The quantitative estimate of drug-likeness (QED) is 0.280. The van der Waals surface area contributed by atoms with Crippen LogP contribution in [0.5, 0.6) is 5.75 Å². The highest BCUT2D eigenvalue weighted by atomic mass is 35.5. The number of unbranched alkanes of at least 4 members (excludes halogenated alkanes) is 1. The number of amides is 1. The van der Waals surface area contributed by atoms with Crippen LogP contribution in [0.25, 0.3) is 5.57 Å². The Morgan fingerprint density at radius 1 is 1.03 bits per heavy atom. The van der Waals surface area contributed by atoms with E-state index in [1.165, 1.54) is 11.8 Å². The first kappa shape index (κ1) is 27.6. The van der Waals surface area contributed by atoms with Gasteiger partial charge in [-0.2, -0.15) is 0 Å². The number of carboxylic acids is 2. The fraction of sp³-hybridized carbons (Fsp3) is 0.269. The van der Waals surface area contributed by atoms with Crippen molar-refractivity contribution in [1.29, 1.82) is 0 Å². The molecule has 3 heterocycles. The van der Waals surface area contributed by atoms with Crippen LogP contribution in [0.1, 0.15) is 35.4 Å². The molecule has 0 saturated carbocycles. The van der Waals surface area contributed by atoms with Crippen LogP contribution >= 0.6 is 11.6 Å². The maximum absolute atomic E-state index is 12.8. The molecule has 1 aromatic carbocycles. The minimum atomic E-state index is -1.55. The first-order valence-electron chi connectivity index (χ1n) is 11.6. The molecule has 4 rings (SSSR count). The molecule has 2 aromatic rings. The van der Waals surface area contributed by atoms with E-state index in [4.69, 9.17) is 16.3 Å². The molecule has 0 fully saturated rings. The number of fused-ring (bicyclic) bond motifs is 1. The summed E-state index contributed by atoms with van der Waals surface area (Å²) < 4.78 is 5.53. The van der Waals surface area contributed by atoms with E-state index in [1.807, 2.05) is 18.2 Å². The van der Waals surface area contributed by atoms with Gasteiger partial charge < -0.3 is 24.5 Å². The number of para-hydroxylation sites is 1. The standard InChI is InChI=1S/C22H23ClN4O2.C4H4O4/c23-20-16-29-19-9-2-1-8-18(19)22(28)27(20)14-4-3-12-26-13-5-7-17(15-26)21-24-10-6-11-25-21;5-3(6)1-2-4(7)8/h1-2,6-11,16H,3-5,12-15H2;1-2H,(H,5,6)(H,7,8)/p-2/b;2-1+. The second kappa shape index (κ2) is 13.9. The van der Waals surface area contributed by atoms with Gasteiger partial charge in [-0.1, -0.05) is 29.8 Å². The van der Waals surface area contributed by atoms with Gasteiger partial charge in [0.15, 0.2) is 5.82 Å². The molecule has 37 heavy (non-hydrogen) atoms. The van der Waals surface area contributed by atoms with Crippen LogP contribution in [0.15, 0.2) is 72.4 Å². The minimum absolute atomic E-state index is 0.122. The molecule has 10 nitrogen and oxygen atoms in total. The van der Waals surface area contributed by atoms with Gasteiger partial charge in [-0.3, -0.25) is 14.6 Å². The number of carbonyl (C=O) groups is 3. The van der Waals surface area contributed by atoms with Crippen molar-refractivity contribution in [2.45, 2.75) is 19.3 Å². The second-order valence-corrected chi connectivity index (χ2v) is 8.44. The number of halogens is 1. The van der Waals surface area contributed by atoms with Gasteiger partial charge in [-0.15, -0.1) is 0 Å². The van der Waals surface area contributed by atoms with Gasteiger partial charge in [0.1, 0.15) is 17.2 Å². The molecule has 11 heteroatoms. The topological polar surface area (TPSA) is 139 Å². The van der Waals surface area contributed by atoms with E-state index in [9.17, 15) is 24.6 Å². The lowest BCUT2D eigenvalue weighted by atomic mass is 10.1. The highest BCUT2D eigenvalue weighted by Gasteiger charge is 2.25. The normalized spacial score (nSPS) is 15.5. The molecule has 0 saturated heterocycles. The maximum Gasteiger partial charge on any atom is 0.262 e. The number of rotatable bonds is 8. The Hall–Kier alpha value is -4.02. The molecular formula is C26H25ClN4O6-2. The van der Waals surface area contributed by atoms with Gasteiger partial charge in [-0.25, -0.2) is 9.97 Å². The van der Waals surface area contributed by atoms with Gasteiger partial charge >= 0.3 is 0 Å². The van der Waals surface area contributed by atoms with Crippen molar-refractivity contribution in [3.8, 4) is 5.75 Å². The van der Waals surface area contributed by atoms with Crippen molar-refractivity contribution in [2.24, 2.45) is 0 Å². The molecular weight excluding hydrogens is 500 g/mol. The number of carbonyl (C=O) groups excluding carboxylic acids is 3. The predicted molar refractivity (Wildman–Crippen MR) is 131 cm³/mol. The van der Waals surface area contributed by atoms with E-state index >= 15 is 0 Å². The lowest BCUT2D eigenvalue weighted by molar-refractivity contribution is -0.301. The molecule has 0 unspecified atom stereocenters. The number of aliphatic carboxylic acids is 2. The number of benzene rings is 1. The molecule has 0 spiro atoms. The summed E-state index contributed by atoms with van der Waals surface area (Å²) in [7, 11) is 0. The van der Waals surface area contributed by atoms with Crippen molar-refractivity contribution in [3.05, 3.63) is 83.8 Å². The van der Waals surface area contributed by atoms with Crippen molar-refractivity contribution >= 4 is 35.0 Å². The summed E-state index contributed by atoms with van der Waals surface area (Å²) in [6.07, 6.45) is 10.8. The summed E-state index contributed by atoms with van der Waals surface area (Å²) in [4.78, 5) is 44.4. The molecule has 1 aromatic heterocycles. The van der Waals surface area contributed by atoms with E-state index in [0.717, 1.165) is 44.7 Å². The monoisotopic (exact) mass is 524 g/mol. The zero-order valence-corrected chi connectivity index (χ0v) is 20.7. The van der Waals surface area contributed by atoms with E-state index in [0.29, 0.717) is 35.2 Å². The fourth-order valence-corrected chi connectivity index (χ4v) is 3.94. The van der Waals surface area contributed by atoms with Crippen LogP contribution in [0, 0.1) is 0 Å². The minimum Gasteiger partial charge on any atom is -0.545 e. The van der Waals surface area contributed by atoms with Crippen molar-refractivity contribution in [1.82, 2.24) is 19.8 Å². The molecule has 0 atom stereocenters. The maximum atomic E-state index is 12.8. The van der Waals surface area contributed by atoms with Crippen LogP contribution in [0.3, 0.4) is 0 Å². The van der Waals surface area contributed by atoms with Gasteiger partial charge in [-0.05, 0) is 56.2 Å². The van der Waals surface area contributed by atoms with E-state index in [2.05, 4.69) is 20.9 Å². The van der Waals surface area contributed by atoms with Crippen LogP contribution in [0.4, 0.5) is 0 Å². The third kappa shape index (κ3) is 8.55. The van der Waals surface area contributed by atoms with Crippen molar-refractivity contribution in [2.75, 3.05) is 26.2 Å². The first-order valence-corrected chi connectivity index (χ1v) is 11.9. The summed E-state index contributed by atoms with van der Waals surface area (Å²) in [5, 5.41) is 19.1. The van der Waals surface area contributed by atoms with Crippen LogP contribution in [0.2, 0.25) is 0 Å². The van der Waals surface area contributed by atoms with Crippen molar-refractivity contribution in [3.63, 3.8) is 0 Å². The number of carboxylic acid groups (broad SMARTS) is 2. The van der Waals surface area contributed by atoms with Gasteiger partial charge in [0.2, 0.25) is 0 Å². The van der Waals surface area contributed by atoms with E-state index in [1.54, 1.807) is 29.4 Å². The highest BCUT2D eigenvalue weighted by molar-refractivity contribution is 6.30. The molecule has 0 radical (unpaired) electrons. The van der Waals surface area contributed by atoms with Crippen LogP contribution in [-0.4, -0.2) is 63.8 Å². The van der Waals surface area contributed by atoms with Gasteiger partial charge in [0.05, 0.1) is 17.5 Å². The van der Waals surface area contributed by atoms with Crippen LogP contribution in [-0.2, 0) is 9.59 Å². The molecule has 0 bridgehead atoms. The molecule has 1 amide bonds. The summed E-state index contributed by atoms with van der Waals surface area (Å²) >= 11 is 6.30. The van der Waals surface area contributed by atoms with E-state index in [-0.39, 0.29) is 5.91 Å². The Balaban J connectivity index is 0.000000414. The Morgan fingerprint density at radius 3 is 2.41 bits per heavy atom. The smallest absolute Gasteiger partial charge is 0.262 e. The fourth-order valence-electron chi connectivity index (χ4n) is 3.74. The molecule has 0 N–H and O–H groups in total. The Bertz CT molecular complexity index is 1180. The third-order valence-corrected chi connectivity index (χ3v) is 5.74. The average Bonchev–Trinajstić information content (AvgIpc) is 3.02. The zero-order chi connectivity index (χ0) is 26.6. The lowest BCUT2D eigenvalue weighted by Crippen LogP contribution is -2.32. The number of ether oxygens (including phenoxy) is 1. The number of nitrogens with zero attached hydrogens (tertiary/aromatic N) is 4. The Kier molecular flexibility index (Phi) is 10.4. The molecule has 2 aliphatic rings. The number of aromatic nitrogens is 2. The summed E-state index contributed by atoms with van der Waals surface area (Å²) in [6, 6.07) is 9.04. The molecule has 0 aliphatic carbocycles. The third-order valence-electron chi connectivity index (χ3n) is 5.45. The van der Waals surface area contributed by atoms with Crippen LogP contribution < -0.4 is 14.9 Å².